The molecule has 1 fully saturated rings. The van der Waals surface area contributed by atoms with Crippen molar-refractivity contribution in [3.63, 3.8) is 0 Å². The second-order valence-corrected chi connectivity index (χ2v) is 5.86. The van der Waals surface area contributed by atoms with Crippen LogP contribution in [0.3, 0.4) is 0 Å². The van der Waals surface area contributed by atoms with Crippen LogP contribution in [0.5, 0.6) is 0 Å². The van der Waals surface area contributed by atoms with Crippen molar-refractivity contribution in [3.8, 4) is 0 Å². The molecule has 2 atom stereocenters. The molecule has 0 bridgehead atoms. The SMILES string of the molecule is C[C@@H](Cc1ccccc1)C(=O)N[C@@](C)(C(=O)O)C1CC1. The fraction of sp³-hybridized carbons (Fsp3) is 0.500. The standard InChI is InChI=1S/C16H21NO3/c1-11(10-12-6-4-3-5-7-12)14(18)17-16(2,15(19)20)13-8-9-13/h3-7,11,13H,8-10H2,1-2H3,(H,17,18)(H,19,20)/t11-,16+/m0/s1. The summed E-state index contributed by atoms with van der Waals surface area (Å²) in [6.45, 7) is 3.44. The molecule has 2 N–H and O–H groups in total. The van der Waals surface area contributed by atoms with E-state index in [4.69, 9.17) is 0 Å². The molecule has 1 aliphatic rings. The van der Waals surface area contributed by atoms with E-state index in [0.717, 1.165) is 18.4 Å². The monoisotopic (exact) mass is 275 g/mol. The zero-order valence-electron chi connectivity index (χ0n) is 11.9. The number of nitrogens with one attached hydrogen (secondary N) is 1. The molecule has 1 saturated carbocycles. The van der Waals surface area contributed by atoms with Crippen LogP contribution in [0.15, 0.2) is 30.3 Å². The lowest BCUT2D eigenvalue weighted by Crippen LogP contribution is -2.55. The maximum absolute atomic E-state index is 12.2. The Bertz CT molecular complexity index is 496. The fourth-order valence-corrected chi connectivity index (χ4v) is 2.43. The van der Waals surface area contributed by atoms with E-state index < -0.39 is 11.5 Å². The van der Waals surface area contributed by atoms with Crippen molar-refractivity contribution in [2.75, 3.05) is 0 Å². The summed E-state index contributed by atoms with van der Waals surface area (Å²) in [4.78, 5) is 23.6. The van der Waals surface area contributed by atoms with E-state index in [9.17, 15) is 14.7 Å². The zero-order chi connectivity index (χ0) is 14.8. The smallest absolute Gasteiger partial charge is 0.329 e. The first-order valence-electron chi connectivity index (χ1n) is 7.03. The summed E-state index contributed by atoms with van der Waals surface area (Å²) in [5, 5.41) is 12.1. The van der Waals surface area contributed by atoms with Gasteiger partial charge in [0.15, 0.2) is 0 Å². The van der Waals surface area contributed by atoms with Crippen LogP contribution in [-0.4, -0.2) is 22.5 Å². The highest BCUT2D eigenvalue weighted by molar-refractivity contribution is 5.88. The Morgan fingerprint density at radius 3 is 2.45 bits per heavy atom. The summed E-state index contributed by atoms with van der Waals surface area (Å²) in [5.74, 6) is -1.31. The van der Waals surface area contributed by atoms with Crippen LogP contribution in [0, 0.1) is 11.8 Å². The molecule has 2 rings (SSSR count). The molecule has 0 spiro atoms. The third-order valence-corrected chi connectivity index (χ3v) is 4.05. The molecule has 4 nitrogen and oxygen atoms in total. The molecular formula is C16H21NO3. The molecule has 1 aromatic carbocycles. The van der Waals surface area contributed by atoms with Gasteiger partial charge in [0.25, 0.3) is 0 Å². The van der Waals surface area contributed by atoms with Gasteiger partial charge in [0.2, 0.25) is 5.91 Å². The average Bonchev–Trinajstić information content (AvgIpc) is 3.24. The van der Waals surface area contributed by atoms with Crippen LogP contribution in [0.4, 0.5) is 0 Å². The lowest BCUT2D eigenvalue weighted by molar-refractivity contribution is -0.148. The third-order valence-electron chi connectivity index (χ3n) is 4.05. The van der Waals surface area contributed by atoms with Crippen molar-refractivity contribution in [2.45, 2.75) is 38.6 Å². The molecule has 1 amide bonds. The quantitative estimate of drug-likeness (QED) is 0.836. The number of hydrogen-bond acceptors (Lipinski definition) is 2. The van der Waals surface area contributed by atoms with Gasteiger partial charge in [-0.25, -0.2) is 4.79 Å². The van der Waals surface area contributed by atoms with E-state index in [1.165, 1.54) is 0 Å². The van der Waals surface area contributed by atoms with Crippen molar-refractivity contribution >= 4 is 11.9 Å². The number of carboxylic acids is 1. The predicted molar refractivity (Wildman–Crippen MR) is 76.2 cm³/mol. The molecule has 0 saturated heterocycles. The van der Waals surface area contributed by atoms with Gasteiger partial charge >= 0.3 is 5.97 Å². The first-order chi connectivity index (χ1) is 9.43. The fourth-order valence-electron chi connectivity index (χ4n) is 2.43. The molecule has 1 aromatic rings. The second kappa shape index (κ2) is 5.65. The first kappa shape index (κ1) is 14.6. The lowest BCUT2D eigenvalue weighted by Gasteiger charge is -2.27. The Morgan fingerprint density at radius 2 is 1.95 bits per heavy atom. The first-order valence-corrected chi connectivity index (χ1v) is 7.03. The molecule has 0 unspecified atom stereocenters. The highest BCUT2D eigenvalue weighted by atomic mass is 16.4. The molecule has 4 heteroatoms. The largest absolute Gasteiger partial charge is 0.480 e. The third kappa shape index (κ3) is 3.18. The molecule has 0 aromatic heterocycles. The van der Waals surface area contributed by atoms with E-state index in [2.05, 4.69) is 5.32 Å². The van der Waals surface area contributed by atoms with E-state index >= 15 is 0 Å². The van der Waals surface area contributed by atoms with Crippen molar-refractivity contribution in [2.24, 2.45) is 11.8 Å². The molecule has 20 heavy (non-hydrogen) atoms. The molecule has 0 heterocycles. The van der Waals surface area contributed by atoms with Gasteiger partial charge in [0, 0.05) is 5.92 Å². The maximum atomic E-state index is 12.2. The number of carbonyl (C=O) groups excluding carboxylic acids is 1. The van der Waals surface area contributed by atoms with Gasteiger partial charge in [-0.3, -0.25) is 4.79 Å². The van der Waals surface area contributed by atoms with Crippen molar-refractivity contribution in [3.05, 3.63) is 35.9 Å². The Balaban J connectivity index is 1.98. The second-order valence-electron chi connectivity index (χ2n) is 5.86. The van der Waals surface area contributed by atoms with Crippen molar-refractivity contribution < 1.29 is 14.7 Å². The van der Waals surface area contributed by atoms with Gasteiger partial charge in [-0.05, 0) is 37.7 Å². The number of amides is 1. The highest BCUT2D eigenvalue weighted by Gasteiger charge is 2.48. The summed E-state index contributed by atoms with van der Waals surface area (Å²) in [6, 6.07) is 9.75. The minimum absolute atomic E-state index is 0.0628. The Kier molecular flexibility index (Phi) is 4.12. The molecule has 0 radical (unpaired) electrons. The number of hydrogen-bond donors (Lipinski definition) is 2. The number of rotatable bonds is 6. The van der Waals surface area contributed by atoms with Crippen LogP contribution < -0.4 is 5.32 Å². The van der Waals surface area contributed by atoms with Crippen LogP contribution in [0.25, 0.3) is 0 Å². The molecular weight excluding hydrogens is 254 g/mol. The van der Waals surface area contributed by atoms with E-state index in [1.807, 2.05) is 37.3 Å². The van der Waals surface area contributed by atoms with Crippen LogP contribution >= 0.6 is 0 Å². The van der Waals surface area contributed by atoms with Crippen molar-refractivity contribution in [1.82, 2.24) is 5.32 Å². The zero-order valence-corrected chi connectivity index (χ0v) is 11.9. The summed E-state index contributed by atoms with van der Waals surface area (Å²) < 4.78 is 0. The topological polar surface area (TPSA) is 66.4 Å². The van der Waals surface area contributed by atoms with E-state index in [0.29, 0.717) is 6.42 Å². The summed E-state index contributed by atoms with van der Waals surface area (Å²) in [7, 11) is 0. The summed E-state index contributed by atoms with van der Waals surface area (Å²) in [6.07, 6.45) is 2.36. The van der Waals surface area contributed by atoms with Gasteiger partial charge in [-0.1, -0.05) is 37.3 Å². The predicted octanol–water partition coefficient (Wildman–Crippen LogP) is 2.23. The number of carbonyl (C=O) groups is 2. The minimum Gasteiger partial charge on any atom is -0.480 e. The number of benzene rings is 1. The van der Waals surface area contributed by atoms with E-state index in [-0.39, 0.29) is 17.7 Å². The van der Waals surface area contributed by atoms with Gasteiger partial charge < -0.3 is 10.4 Å². The normalized spacial score (nSPS) is 18.9. The minimum atomic E-state index is -1.12. The van der Waals surface area contributed by atoms with Crippen LogP contribution in [0.1, 0.15) is 32.3 Å². The van der Waals surface area contributed by atoms with Crippen LogP contribution in [-0.2, 0) is 16.0 Å². The lowest BCUT2D eigenvalue weighted by atomic mass is 9.93. The van der Waals surface area contributed by atoms with Crippen LogP contribution in [0.2, 0.25) is 0 Å². The number of aliphatic carboxylic acids is 1. The average molecular weight is 275 g/mol. The molecule has 1 aliphatic carbocycles. The van der Waals surface area contributed by atoms with Crippen molar-refractivity contribution in [1.29, 1.82) is 0 Å². The highest BCUT2D eigenvalue weighted by Crippen LogP contribution is 2.39. The number of carboxylic acid groups (broad SMARTS) is 1. The van der Waals surface area contributed by atoms with Gasteiger partial charge in [-0.15, -0.1) is 0 Å². The van der Waals surface area contributed by atoms with Gasteiger partial charge in [0.05, 0.1) is 0 Å². The van der Waals surface area contributed by atoms with Gasteiger partial charge in [-0.2, -0.15) is 0 Å². The maximum Gasteiger partial charge on any atom is 0.329 e. The Hall–Kier alpha value is -1.84. The molecule has 0 aliphatic heterocycles. The Labute approximate surface area is 119 Å². The van der Waals surface area contributed by atoms with Gasteiger partial charge in [0.1, 0.15) is 5.54 Å². The molecule has 108 valence electrons. The summed E-state index contributed by atoms with van der Waals surface area (Å²) >= 11 is 0. The summed E-state index contributed by atoms with van der Waals surface area (Å²) in [5.41, 5.74) is -0.0409. The Morgan fingerprint density at radius 1 is 1.35 bits per heavy atom. The van der Waals surface area contributed by atoms with E-state index in [1.54, 1.807) is 6.92 Å².